The minimum Gasteiger partial charge on any atom is -0.504 e. The Bertz CT molecular complexity index is 1140. The van der Waals surface area contributed by atoms with Crippen molar-refractivity contribution < 1.29 is 9.84 Å². The summed E-state index contributed by atoms with van der Waals surface area (Å²) in [4.78, 5) is 8.89. The van der Waals surface area contributed by atoms with Gasteiger partial charge in [-0.2, -0.15) is 0 Å². The summed E-state index contributed by atoms with van der Waals surface area (Å²) >= 11 is 1.89. The van der Waals surface area contributed by atoms with Crippen molar-refractivity contribution in [2.45, 2.75) is 50.3 Å². The van der Waals surface area contributed by atoms with Crippen molar-refractivity contribution in [1.82, 2.24) is 9.88 Å². The number of pyridine rings is 1. The number of fused-ring (bicyclic) bond motifs is 4. The minimum atomic E-state index is 0.257. The zero-order valence-electron chi connectivity index (χ0n) is 17.9. The van der Waals surface area contributed by atoms with E-state index in [4.69, 9.17) is 9.72 Å². The Hall–Kier alpha value is -2.24. The van der Waals surface area contributed by atoms with E-state index >= 15 is 0 Å². The molecular formula is C25H28N2O2S. The number of phenolic OH excluding ortho intramolecular Hbond substituents is 1. The molecule has 0 bridgehead atoms. The normalized spacial score (nSPS) is 16.4. The standard InChI is InChI=1S/C25H28N2O2S/c1-15-9-16(2)25-19(10-15)23-17(14-30-25)11-18-20(13-27-7-5-4-6-8-27)24(28)22(29-3)12-21(18)26-23/h9-12,28H,4-8,13-14H2,1-3H3. The van der Waals surface area contributed by atoms with Gasteiger partial charge in [0.15, 0.2) is 11.5 Å². The predicted octanol–water partition coefficient (Wildman–Crippen LogP) is 5.82. The molecule has 1 N–H and O–H groups in total. The molecule has 0 atom stereocenters. The zero-order valence-corrected chi connectivity index (χ0v) is 18.7. The summed E-state index contributed by atoms with van der Waals surface area (Å²) in [5.74, 6) is 1.67. The maximum Gasteiger partial charge on any atom is 0.163 e. The average molecular weight is 421 g/mol. The van der Waals surface area contributed by atoms with Crippen LogP contribution in [0.4, 0.5) is 0 Å². The summed E-state index contributed by atoms with van der Waals surface area (Å²) in [6, 6.07) is 8.63. The van der Waals surface area contributed by atoms with Gasteiger partial charge in [-0.25, -0.2) is 4.98 Å². The first-order chi connectivity index (χ1) is 14.5. The highest BCUT2D eigenvalue weighted by molar-refractivity contribution is 7.98. The molecule has 0 radical (unpaired) electrons. The van der Waals surface area contributed by atoms with E-state index in [-0.39, 0.29) is 5.75 Å². The molecule has 4 nitrogen and oxygen atoms in total. The first-order valence-corrected chi connectivity index (χ1v) is 11.7. The van der Waals surface area contributed by atoms with E-state index in [9.17, 15) is 5.11 Å². The molecule has 0 aliphatic carbocycles. The second-order valence-electron chi connectivity index (χ2n) is 8.55. The van der Waals surface area contributed by atoms with Gasteiger partial charge in [0.1, 0.15) is 0 Å². The van der Waals surface area contributed by atoms with E-state index in [2.05, 4.69) is 36.9 Å². The monoisotopic (exact) mass is 420 g/mol. The number of aryl methyl sites for hydroxylation is 2. The quantitative estimate of drug-likeness (QED) is 0.578. The number of benzene rings is 2. The molecule has 5 heteroatoms. The molecule has 1 aromatic heterocycles. The third kappa shape index (κ3) is 3.34. The number of ether oxygens (including phenoxy) is 1. The molecule has 2 aromatic carbocycles. The second-order valence-corrected chi connectivity index (χ2v) is 9.54. The zero-order chi connectivity index (χ0) is 20.8. The Morgan fingerprint density at radius 2 is 1.90 bits per heavy atom. The van der Waals surface area contributed by atoms with Gasteiger partial charge in [0, 0.05) is 39.8 Å². The van der Waals surface area contributed by atoms with Crippen LogP contribution in [0.15, 0.2) is 29.2 Å². The third-order valence-corrected chi connectivity index (χ3v) is 7.63. The van der Waals surface area contributed by atoms with Crippen molar-refractivity contribution >= 4 is 22.7 Å². The number of likely N-dealkylation sites (tertiary alicyclic amines) is 1. The van der Waals surface area contributed by atoms with Crippen molar-refractivity contribution in [3.05, 3.63) is 46.5 Å². The molecule has 3 heterocycles. The van der Waals surface area contributed by atoms with Crippen molar-refractivity contribution in [3.8, 4) is 22.8 Å². The second kappa shape index (κ2) is 7.78. The number of rotatable bonds is 3. The summed E-state index contributed by atoms with van der Waals surface area (Å²) < 4.78 is 5.52. The van der Waals surface area contributed by atoms with Crippen LogP contribution in [-0.4, -0.2) is 35.2 Å². The largest absolute Gasteiger partial charge is 0.504 e. The number of phenols is 1. The lowest BCUT2D eigenvalue weighted by molar-refractivity contribution is 0.218. The van der Waals surface area contributed by atoms with Crippen LogP contribution >= 0.6 is 11.8 Å². The van der Waals surface area contributed by atoms with Gasteiger partial charge in [0.25, 0.3) is 0 Å². The number of aromatic nitrogens is 1. The van der Waals surface area contributed by atoms with E-state index in [1.54, 1.807) is 7.11 Å². The topological polar surface area (TPSA) is 45.6 Å². The lowest BCUT2D eigenvalue weighted by atomic mass is 9.97. The Labute approximate surface area is 182 Å². The Balaban J connectivity index is 1.69. The van der Waals surface area contributed by atoms with Crippen LogP contribution < -0.4 is 4.74 Å². The van der Waals surface area contributed by atoms with Crippen molar-refractivity contribution in [2.75, 3.05) is 20.2 Å². The molecule has 3 aromatic rings. The van der Waals surface area contributed by atoms with Gasteiger partial charge in [-0.15, -0.1) is 11.8 Å². The molecule has 0 spiro atoms. The van der Waals surface area contributed by atoms with E-state index in [0.29, 0.717) is 5.75 Å². The van der Waals surface area contributed by atoms with Gasteiger partial charge in [-0.05, 0) is 63.0 Å². The van der Waals surface area contributed by atoms with E-state index in [1.165, 1.54) is 46.4 Å². The molecular weight excluding hydrogens is 392 g/mol. The maximum atomic E-state index is 11.0. The van der Waals surface area contributed by atoms with Gasteiger partial charge in [0.05, 0.1) is 18.3 Å². The van der Waals surface area contributed by atoms with Crippen LogP contribution in [0.1, 0.15) is 41.5 Å². The first-order valence-electron chi connectivity index (χ1n) is 10.7. The molecule has 2 aliphatic rings. The number of hydrogen-bond acceptors (Lipinski definition) is 5. The number of thioether (sulfide) groups is 1. The highest BCUT2D eigenvalue weighted by atomic mass is 32.2. The Morgan fingerprint density at radius 1 is 1.10 bits per heavy atom. The van der Waals surface area contributed by atoms with Gasteiger partial charge in [-0.1, -0.05) is 18.1 Å². The first kappa shape index (κ1) is 19.7. The molecule has 1 saturated heterocycles. The Morgan fingerprint density at radius 3 is 2.67 bits per heavy atom. The molecule has 156 valence electrons. The summed E-state index contributed by atoms with van der Waals surface area (Å²) in [6.45, 7) is 7.23. The van der Waals surface area contributed by atoms with E-state index in [0.717, 1.165) is 47.5 Å². The fraction of sp³-hybridized carbons (Fsp3) is 0.400. The summed E-state index contributed by atoms with van der Waals surface area (Å²) in [6.07, 6.45) is 3.75. The van der Waals surface area contributed by atoms with Crippen LogP contribution in [0.3, 0.4) is 0 Å². The highest BCUT2D eigenvalue weighted by Gasteiger charge is 2.24. The molecule has 5 rings (SSSR count). The minimum absolute atomic E-state index is 0.257. The van der Waals surface area contributed by atoms with Gasteiger partial charge < -0.3 is 9.84 Å². The fourth-order valence-corrected chi connectivity index (χ4v) is 5.98. The fourth-order valence-electron chi connectivity index (χ4n) is 4.86. The molecule has 30 heavy (non-hydrogen) atoms. The molecule has 0 saturated carbocycles. The molecule has 1 fully saturated rings. The highest BCUT2D eigenvalue weighted by Crippen LogP contribution is 2.45. The van der Waals surface area contributed by atoms with Crippen LogP contribution in [0, 0.1) is 13.8 Å². The van der Waals surface area contributed by atoms with Crippen molar-refractivity contribution in [2.24, 2.45) is 0 Å². The lowest BCUT2D eigenvalue weighted by Gasteiger charge is -2.28. The van der Waals surface area contributed by atoms with E-state index < -0.39 is 0 Å². The number of methoxy groups -OCH3 is 1. The third-order valence-electron chi connectivity index (χ3n) is 6.34. The maximum absolute atomic E-state index is 11.0. The number of aromatic hydroxyl groups is 1. The number of hydrogen-bond donors (Lipinski definition) is 1. The van der Waals surface area contributed by atoms with Gasteiger partial charge in [-0.3, -0.25) is 4.90 Å². The van der Waals surface area contributed by atoms with Crippen LogP contribution in [0.25, 0.3) is 22.2 Å². The number of nitrogens with zero attached hydrogens (tertiary/aromatic N) is 2. The molecule has 0 amide bonds. The summed E-state index contributed by atoms with van der Waals surface area (Å²) in [5.41, 5.74) is 7.96. The van der Waals surface area contributed by atoms with Crippen LogP contribution in [0.5, 0.6) is 11.5 Å². The smallest absolute Gasteiger partial charge is 0.163 e. The predicted molar refractivity (Wildman–Crippen MR) is 124 cm³/mol. The molecule has 0 unspecified atom stereocenters. The van der Waals surface area contributed by atoms with Crippen LogP contribution in [0.2, 0.25) is 0 Å². The SMILES string of the molecule is COc1cc2nc3c(cc2c(CN2CCCCC2)c1O)CSc1c(C)cc(C)cc1-3. The summed E-state index contributed by atoms with van der Waals surface area (Å²) in [5, 5.41) is 12.0. The van der Waals surface area contributed by atoms with E-state index in [1.807, 2.05) is 17.8 Å². The van der Waals surface area contributed by atoms with Crippen molar-refractivity contribution in [1.29, 1.82) is 0 Å². The van der Waals surface area contributed by atoms with Crippen molar-refractivity contribution in [3.63, 3.8) is 0 Å². The Kier molecular flexibility index (Phi) is 5.11. The number of piperidine rings is 1. The van der Waals surface area contributed by atoms with Crippen LogP contribution in [-0.2, 0) is 12.3 Å². The lowest BCUT2D eigenvalue weighted by Crippen LogP contribution is -2.29. The van der Waals surface area contributed by atoms with Gasteiger partial charge >= 0.3 is 0 Å². The molecule has 2 aliphatic heterocycles. The summed E-state index contributed by atoms with van der Waals surface area (Å²) in [7, 11) is 1.61. The average Bonchev–Trinajstić information content (AvgIpc) is 2.75. The van der Waals surface area contributed by atoms with Gasteiger partial charge in [0.2, 0.25) is 0 Å².